The quantitative estimate of drug-likeness (QED) is 0.748. The molecule has 0 bridgehead atoms. The molecule has 1 N–H and O–H groups in total. The van der Waals surface area contributed by atoms with E-state index in [1.54, 1.807) is 0 Å². The van der Waals surface area contributed by atoms with E-state index in [1.165, 1.54) is 23.5 Å². The predicted molar refractivity (Wildman–Crippen MR) is 94.1 cm³/mol. The number of nitrogens with one attached hydrogen (secondary N) is 1. The number of likely N-dealkylation sites (tertiary alicyclic amines) is 1. The van der Waals surface area contributed by atoms with Crippen LogP contribution in [0.3, 0.4) is 0 Å². The normalized spacial score (nSPS) is 18.1. The molecule has 2 rings (SSSR count). The van der Waals surface area contributed by atoms with Crippen LogP contribution >= 0.6 is 0 Å². The van der Waals surface area contributed by atoms with Crippen LogP contribution in [-0.2, 0) is 14.8 Å². The van der Waals surface area contributed by atoms with E-state index in [2.05, 4.69) is 5.32 Å². The Morgan fingerprint density at radius 1 is 1.36 bits per heavy atom. The van der Waals surface area contributed by atoms with Gasteiger partial charge in [-0.25, -0.2) is 17.1 Å². The number of hydrogen-bond acceptors (Lipinski definition) is 4. The molecule has 1 heterocycles. The Kier molecular flexibility index (Phi) is 6.92. The van der Waals surface area contributed by atoms with E-state index in [9.17, 15) is 17.6 Å². The van der Waals surface area contributed by atoms with Crippen LogP contribution < -0.4 is 5.32 Å². The molecular weight excluding hydrogens is 345 g/mol. The lowest BCUT2D eigenvalue weighted by Gasteiger charge is -2.19. The summed E-state index contributed by atoms with van der Waals surface area (Å²) in [4.78, 5) is 14.1. The van der Waals surface area contributed by atoms with Gasteiger partial charge >= 0.3 is 0 Å². The van der Waals surface area contributed by atoms with Gasteiger partial charge in [0.15, 0.2) is 0 Å². The summed E-state index contributed by atoms with van der Waals surface area (Å²) in [6, 6.07) is 4.75. The van der Waals surface area contributed by atoms with E-state index < -0.39 is 15.8 Å². The number of hydrogen-bond donors (Lipinski definition) is 1. The van der Waals surface area contributed by atoms with Gasteiger partial charge in [0, 0.05) is 33.1 Å². The van der Waals surface area contributed by atoms with Gasteiger partial charge in [-0.05, 0) is 56.6 Å². The molecule has 1 aromatic rings. The molecule has 1 fully saturated rings. The van der Waals surface area contributed by atoms with Gasteiger partial charge in [-0.1, -0.05) is 0 Å². The van der Waals surface area contributed by atoms with Crippen molar-refractivity contribution in [3.8, 4) is 0 Å². The number of nitrogens with zero attached hydrogens (tertiary/aromatic N) is 2. The highest BCUT2D eigenvalue weighted by Gasteiger charge is 2.26. The van der Waals surface area contributed by atoms with Crippen molar-refractivity contribution in [2.45, 2.75) is 24.2 Å². The Bertz CT molecular complexity index is 679. The number of benzene rings is 1. The van der Waals surface area contributed by atoms with Crippen molar-refractivity contribution in [3.63, 3.8) is 0 Å². The molecule has 8 heteroatoms. The minimum Gasteiger partial charge on any atom is -0.342 e. The van der Waals surface area contributed by atoms with E-state index >= 15 is 0 Å². The van der Waals surface area contributed by atoms with E-state index in [1.807, 2.05) is 11.9 Å². The van der Waals surface area contributed by atoms with Gasteiger partial charge in [0.2, 0.25) is 15.9 Å². The average Bonchev–Trinajstić information content (AvgIpc) is 3.04. The summed E-state index contributed by atoms with van der Waals surface area (Å²) in [7, 11) is -0.277. The Hall–Kier alpha value is -1.51. The zero-order chi connectivity index (χ0) is 18.4. The van der Waals surface area contributed by atoms with Crippen molar-refractivity contribution in [2.75, 3.05) is 40.3 Å². The van der Waals surface area contributed by atoms with Crippen molar-refractivity contribution in [3.05, 3.63) is 30.1 Å². The first kappa shape index (κ1) is 19.8. The van der Waals surface area contributed by atoms with Gasteiger partial charge in [0.05, 0.1) is 4.90 Å². The third kappa shape index (κ3) is 5.23. The van der Waals surface area contributed by atoms with Crippen LogP contribution in [0.5, 0.6) is 0 Å². The van der Waals surface area contributed by atoms with E-state index in [0.29, 0.717) is 18.8 Å². The summed E-state index contributed by atoms with van der Waals surface area (Å²) >= 11 is 0. The molecule has 1 unspecified atom stereocenters. The maximum atomic E-state index is 12.9. The van der Waals surface area contributed by atoms with Gasteiger partial charge < -0.3 is 10.2 Å². The van der Waals surface area contributed by atoms with Crippen molar-refractivity contribution in [1.82, 2.24) is 14.5 Å². The number of carbonyl (C=O) groups is 1. The highest BCUT2D eigenvalue weighted by molar-refractivity contribution is 7.89. The Labute approximate surface area is 149 Å². The van der Waals surface area contributed by atoms with Crippen LogP contribution in [0.4, 0.5) is 4.39 Å². The summed E-state index contributed by atoms with van der Waals surface area (Å²) < 4.78 is 38.9. The summed E-state index contributed by atoms with van der Waals surface area (Å²) in [6.07, 6.45) is 1.80. The molecular formula is C17H26FN3O3S. The fraction of sp³-hybridized carbons (Fsp3) is 0.588. The maximum Gasteiger partial charge on any atom is 0.242 e. The molecule has 0 aromatic heterocycles. The number of amides is 1. The maximum absolute atomic E-state index is 12.9. The zero-order valence-corrected chi connectivity index (χ0v) is 15.6. The minimum absolute atomic E-state index is 0.0529. The highest BCUT2D eigenvalue weighted by atomic mass is 32.2. The van der Waals surface area contributed by atoms with Gasteiger partial charge in [0.1, 0.15) is 5.82 Å². The molecule has 1 aliphatic heterocycles. The Morgan fingerprint density at radius 3 is 2.68 bits per heavy atom. The summed E-state index contributed by atoms with van der Waals surface area (Å²) in [5.74, 6) is 0.0936. The van der Waals surface area contributed by atoms with E-state index in [-0.39, 0.29) is 17.3 Å². The lowest BCUT2D eigenvalue weighted by Crippen LogP contribution is -2.32. The minimum atomic E-state index is -3.66. The molecule has 1 amide bonds. The SMILES string of the molecule is CNCC1CCN(C(=O)CCCN(C)S(=O)(=O)c2ccc(F)cc2)C1. The molecule has 1 saturated heterocycles. The lowest BCUT2D eigenvalue weighted by molar-refractivity contribution is -0.130. The molecule has 6 nitrogen and oxygen atoms in total. The van der Waals surface area contributed by atoms with Crippen LogP contribution in [0, 0.1) is 11.7 Å². The van der Waals surface area contributed by atoms with Crippen LogP contribution in [0.15, 0.2) is 29.2 Å². The van der Waals surface area contributed by atoms with E-state index in [0.717, 1.165) is 38.2 Å². The molecule has 1 atom stereocenters. The second-order valence-corrected chi connectivity index (χ2v) is 8.48. The predicted octanol–water partition coefficient (Wildman–Crippen LogP) is 1.29. The fourth-order valence-corrected chi connectivity index (χ4v) is 4.24. The number of carbonyl (C=O) groups excluding carboxylic acids is 1. The molecule has 1 aliphatic rings. The second kappa shape index (κ2) is 8.73. The molecule has 1 aromatic carbocycles. The summed E-state index contributed by atoms with van der Waals surface area (Å²) in [5, 5.41) is 3.13. The first-order valence-electron chi connectivity index (χ1n) is 8.49. The van der Waals surface area contributed by atoms with Crippen molar-refractivity contribution < 1.29 is 17.6 Å². The fourth-order valence-electron chi connectivity index (χ4n) is 3.03. The van der Waals surface area contributed by atoms with Crippen molar-refractivity contribution >= 4 is 15.9 Å². The summed E-state index contributed by atoms with van der Waals surface area (Å²) in [6.45, 7) is 2.69. The van der Waals surface area contributed by atoms with E-state index in [4.69, 9.17) is 0 Å². The topological polar surface area (TPSA) is 69.7 Å². The third-order valence-electron chi connectivity index (χ3n) is 4.52. The van der Waals surface area contributed by atoms with Crippen LogP contribution in [0.2, 0.25) is 0 Å². The molecule has 140 valence electrons. The first-order valence-corrected chi connectivity index (χ1v) is 9.93. The Morgan fingerprint density at radius 2 is 2.04 bits per heavy atom. The number of rotatable bonds is 8. The third-order valence-corrected chi connectivity index (χ3v) is 6.39. The van der Waals surface area contributed by atoms with Gasteiger partial charge in [-0.3, -0.25) is 4.79 Å². The number of halogens is 1. The first-order chi connectivity index (χ1) is 11.8. The smallest absolute Gasteiger partial charge is 0.242 e. The largest absolute Gasteiger partial charge is 0.342 e. The highest BCUT2D eigenvalue weighted by Crippen LogP contribution is 2.18. The monoisotopic (exact) mass is 371 g/mol. The van der Waals surface area contributed by atoms with Crippen molar-refractivity contribution in [2.24, 2.45) is 5.92 Å². The molecule has 0 aliphatic carbocycles. The van der Waals surface area contributed by atoms with Gasteiger partial charge in [-0.15, -0.1) is 0 Å². The van der Waals surface area contributed by atoms with Crippen molar-refractivity contribution in [1.29, 1.82) is 0 Å². The Balaban J connectivity index is 1.81. The average molecular weight is 371 g/mol. The molecule has 0 spiro atoms. The van der Waals surface area contributed by atoms with Crippen LogP contribution in [0.1, 0.15) is 19.3 Å². The molecule has 0 radical (unpaired) electrons. The molecule has 25 heavy (non-hydrogen) atoms. The number of sulfonamides is 1. The standard InChI is InChI=1S/C17H26FN3O3S/c1-19-12-14-9-11-21(13-14)17(22)4-3-10-20(2)25(23,24)16-7-5-15(18)6-8-16/h5-8,14,19H,3-4,9-13H2,1-2H3. The lowest BCUT2D eigenvalue weighted by atomic mass is 10.1. The second-order valence-electron chi connectivity index (χ2n) is 6.44. The van der Waals surface area contributed by atoms with Crippen LogP contribution in [0.25, 0.3) is 0 Å². The summed E-state index contributed by atoms with van der Waals surface area (Å²) in [5.41, 5.74) is 0. The molecule has 0 saturated carbocycles. The van der Waals surface area contributed by atoms with Crippen LogP contribution in [-0.4, -0.2) is 63.8 Å². The van der Waals surface area contributed by atoms with Gasteiger partial charge in [0.25, 0.3) is 0 Å². The zero-order valence-electron chi connectivity index (χ0n) is 14.7. The van der Waals surface area contributed by atoms with Gasteiger partial charge in [-0.2, -0.15) is 0 Å².